The van der Waals surface area contributed by atoms with Gasteiger partial charge in [0.15, 0.2) is 0 Å². The lowest BCUT2D eigenvalue weighted by Gasteiger charge is -2.06. The van der Waals surface area contributed by atoms with E-state index in [1.807, 2.05) is 0 Å². The van der Waals surface area contributed by atoms with Crippen molar-refractivity contribution < 1.29 is 0 Å². The summed E-state index contributed by atoms with van der Waals surface area (Å²) in [7, 11) is 0. The Labute approximate surface area is 124 Å². The van der Waals surface area contributed by atoms with Gasteiger partial charge < -0.3 is 0 Å². The molecule has 0 fully saturated rings. The molecule has 0 unspecified atom stereocenters. The maximum Gasteiger partial charge on any atom is 0.0250 e. The second kappa shape index (κ2) is 5.85. The lowest BCUT2D eigenvalue weighted by atomic mass is 10.0. The van der Waals surface area contributed by atoms with Crippen molar-refractivity contribution in [1.82, 2.24) is 0 Å². The molecule has 0 aromatic heterocycles. The van der Waals surface area contributed by atoms with Crippen molar-refractivity contribution >= 4 is 44.0 Å². The Hall–Kier alpha value is -0.860. The summed E-state index contributed by atoms with van der Waals surface area (Å²) in [5.74, 6) is 0. The van der Waals surface area contributed by atoms with Gasteiger partial charge >= 0.3 is 0 Å². The molecule has 0 aliphatic heterocycles. The molecule has 0 saturated heterocycles. The van der Waals surface area contributed by atoms with Gasteiger partial charge in [0.2, 0.25) is 0 Å². The summed E-state index contributed by atoms with van der Waals surface area (Å²) in [6.45, 7) is 4.15. The van der Waals surface area contributed by atoms with E-state index in [0.717, 1.165) is 8.95 Å². The van der Waals surface area contributed by atoms with Gasteiger partial charge in [0.25, 0.3) is 0 Å². The SMILES string of the molecule is C/C=c1/c(-c2ccc(Br)cc2)ccc(Br)/c1=C/C. The average Bonchev–Trinajstić information content (AvgIpc) is 2.39. The van der Waals surface area contributed by atoms with Gasteiger partial charge in [-0.05, 0) is 53.6 Å². The van der Waals surface area contributed by atoms with Gasteiger partial charge in [0, 0.05) is 8.95 Å². The third kappa shape index (κ3) is 2.60. The van der Waals surface area contributed by atoms with E-state index < -0.39 is 0 Å². The van der Waals surface area contributed by atoms with Crippen LogP contribution in [0.25, 0.3) is 23.3 Å². The minimum absolute atomic E-state index is 1.10. The van der Waals surface area contributed by atoms with Gasteiger partial charge in [0.05, 0.1) is 0 Å². The molecule has 2 aromatic carbocycles. The standard InChI is InChI=1S/C16H14Br2/c1-3-13-14(4-2)16(18)10-9-15(13)11-5-7-12(17)8-6-11/h3-10H,1-2H3/b13-3+,14-4+. The van der Waals surface area contributed by atoms with Crippen LogP contribution in [0.3, 0.4) is 0 Å². The van der Waals surface area contributed by atoms with Crippen LogP contribution in [-0.2, 0) is 0 Å². The summed E-state index contributed by atoms with van der Waals surface area (Å²) in [5, 5.41) is 2.52. The Morgan fingerprint density at radius 1 is 0.778 bits per heavy atom. The fraction of sp³-hybridized carbons (Fsp3) is 0.125. The molecule has 0 saturated carbocycles. The molecule has 0 spiro atoms. The van der Waals surface area contributed by atoms with Gasteiger partial charge in [-0.2, -0.15) is 0 Å². The van der Waals surface area contributed by atoms with Crippen molar-refractivity contribution in [3.8, 4) is 11.1 Å². The van der Waals surface area contributed by atoms with Crippen molar-refractivity contribution in [3.63, 3.8) is 0 Å². The van der Waals surface area contributed by atoms with Crippen LogP contribution in [0, 0.1) is 0 Å². The highest BCUT2D eigenvalue weighted by Crippen LogP contribution is 2.19. The van der Waals surface area contributed by atoms with Crippen LogP contribution < -0.4 is 10.4 Å². The molecule has 0 amide bonds. The Morgan fingerprint density at radius 3 is 1.94 bits per heavy atom. The summed E-state index contributed by atoms with van der Waals surface area (Å²) in [5.41, 5.74) is 2.50. The predicted octanol–water partition coefficient (Wildman–Crippen LogP) is 4.48. The number of rotatable bonds is 1. The number of benzene rings is 2. The van der Waals surface area contributed by atoms with Gasteiger partial charge in [0.1, 0.15) is 0 Å². The van der Waals surface area contributed by atoms with Crippen LogP contribution in [0.4, 0.5) is 0 Å². The first-order valence-corrected chi connectivity index (χ1v) is 7.43. The summed E-state index contributed by atoms with van der Waals surface area (Å²) < 4.78 is 2.24. The fourth-order valence-electron chi connectivity index (χ4n) is 2.10. The van der Waals surface area contributed by atoms with E-state index in [-0.39, 0.29) is 0 Å². The molecule has 2 aromatic rings. The first kappa shape index (κ1) is 13.6. The van der Waals surface area contributed by atoms with Crippen molar-refractivity contribution in [2.24, 2.45) is 0 Å². The molecule has 0 heterocycles. The topological polar surface area (TPSA) is 0 Å². The zero-order valence-electron chi connectivity index (χ0n) is 10.4. The zero-order valence-corrected chi connectivity index (χ0v) is 13.5. The Morgan fingerprint density at radius 2 is 1.39 bits per heavy atom. The van der Waals surface area contributed by atoms with E-state index >= 15 is 0 Å². The molecule has 0 aliphatic carbocycles. The van der Waals surface area contributed by atoms with Crippen LogP contribution >= 0.6 is 31.9 Å². The fourth-order valence-corrected chi connectivity index (χ4v) is 2.93. The molecule has 0 radical (unpaired) electrons. The second-order valence-electron chi connectivity index (χ2n) is 4.01. The lowest BCUT2D eigenvalue weighted by molar-refractivity contribution is 1.44. The van der Waals surface area contributed by atoms with Crippen LogP contribution in [-0.4, -0.2) is 0 Å². The Kier molecular flexibility index (Phi) is 4.41. The van der Waals surface area contributed by atoms with Gasteiger partial charge in [-0.15, -0.1) is 0 Å². The highest BCUT2D eigenvalue weighted by molar-refractivity contribution is 9.10. The van der Waals surface area contributed by atoms with Gasteiger partial charge in [-0.3, -0.25) is 0 Å². The van der Waals surface area contributed by atoms with Gasteiger partial charge in [-0.1, -0.05) is 62.2 Å². The number of hydrogen-bond acceptors (Lipinski definition) is 0. The molecule has 0 atom stereocenters. The first-order chi connectivity index (χ1) is 8.67. The highest BCUT2D eigenvalue weighted by Gasteiger charge is 2.02. The molecule has 0 nitrogen and oxygen atoms in total. The summed E-state index contributed by atoms with van der Waals surface area (Å²) in [6.07, 6.45) is 4.30. The van der Waals surface area contributed by atoms with Crippen molar-refractivity contribution in [3.05, 3.63) is 55.8 Å². The van der Waals surface area contributed by atoms with E-state index in [2.05, 4.69) is 94.3 Å². The van der Waals surface area contributed by atoms with Crippen LogP contribution in [0.2, 0.25) is 0 Å². The van der Waals surface area contributed by atoms with E-state index in [1.54, 1.807) is 0 Å². The smallest absolute Gasteiger partial charge is 0.0250 e. The monoisotopic (exact) mass is 364 g/mol. The second-order valence-corrected chi connectivity index (χ2v) is 5.78. The quantitative estimate of drug-likeness (QED) is 0.698. The normalized spacial score (nSPS) is 13.1. The molecule has 18 heavy (non-hydrogen) atoms. The summed E-state index contributed by atoms with van der Waals surface area (Å²) in [4.78, 5) is 0. The van der Waals surface area contributed by atoms with E-state index in [1.165, 1.54) is 21.6 Å². The van der Waals surface area contributed by atoms with E-state index in [4.69, 9.17) is 0 Å². The maximum atomic E-state index is 3.61. The molecule has 0 bridgehead atoms. The molecule has 0 N–H and O–H groups in total. The third-order valence-corrected chi connectivity index (χ3v) is 4.19. The lowest BCUT2D eigenvalue weighted by Crippen LogP contribution is -2.27. The van der Waals surface area contributed by atoms with Crippen molar-refractivity contribution in [2.75, 3.05) is 0 Å². The minimum Gasteiger partial charge on any atom is -0.0791 e. The average molecular weight is 366 g/mol. The van der Waals surface area contributed by atoms with Crippen LogP contribution in [0.5, 0.6) is 0 Å². The largest absolute Gasteiger partial charge is 0.0791 e. The van der Waals surface area contributed by atoms with E-state index in [9.17, 15) is 0 Å². The molecule has 0 aliphatic rings. The summed E-state index contributed by atoms with van der Waals surface area (Å²) >= 11 is 7.08. The van der Waals surface area contributed by atoms with E-state index in [0.29, 0.717) is 0 Å². The predicted molar refractivity (Wildman–Crippen MR) is 86.8 cm³/mol. The minimum atomic E-state index is 1.10. The molecular weight excluding hydrogens is 352 g/mol. The maximum absolute atomic E-state index is 3.61. The molecule has 92 valence electrons. The summed E-state index contributed by atoms with van der Waals surface area (Å²) in [6, 6.07) is 12.7. The Balaban J connectivity index is 2.78. The molecule has 2 heteroatoms. The number of hydrogen-bond donors (Lipinski definition) is 0. The Bertz CT molecular complexity index is 667. The number of halogens is 2. The third-order valence-electron chi connectivity index (χ3n) is 2.97. The zero-order chi connectivity index (χ0) is 13.1. The van der Waals surface area contributed by atoms with Crippen molar-refractivity contribution in [1.29, 1.82) is 0 Å². The van der Waals surface area contributed by atoms with Gasteiger partial charge in [-0.25, -0.2) is 0 Å². The first-order valence-electron chi connectivity index (χ1n) is 5.84. The molecular formula is C16H14Br2. The van der Waals surface area contributed by atoms with Crippen LogP contribution in [0.15, 0.2) is 45.3 Å². The molecule has 2 rings (SSSR count). The highest BCUT2D eigenvalue weighted by atomic mass is 79.9. The van der Waals surface area contributed by atoms with Crippen LogP contribution in [0.1, 0.15) is 13.8 Å². The van der Waals surface area contributed by atoms with Crippen molar-refractivity contribution in [2.45, 2.75) is 13.8 Å².